The van der Waals surface area contributed by atoms with Crippen molar-refractivity contribution in [1.29, 1.82) is 0 Å². The van der Waals surface area contributed by atoms with Crippen LogP contribution >= 0.6 is 0 Å². The summed E-state index contributed by atoms with van der Waals surface area (Å²) in [4.78, 5) is 28.8. The van der Waals surface area contributed by atoms with Crippen LogP contribution < -0.4 is 14.4 Å². The quantitative estimate of drug-likeness (QED) is 0.843. The predicted molar refractivity (Wildman–Crippen MR) is 91.9 cm³/mol. The van der Waals surface area contributed by atoms with Gasteiger partial charge in [-0.1, -0.05) is 18.2 Å². The summed E-state index contributed by atoms with van der Waals surface area (Å²) in [6.07, 6.45) is 0.733. The van der Waals surface area contributed by atoms with Crippen LogP contribution in [0.2, 0.25) is 0 Å². The van der Waals surface area contributed by atoms with Crippen molar-refractivity contribution in [2.45, 2.75) is 6.42 Å². The van der Waals surface area contributed by atoms with Crippen molar-refractivity contribution < 1.29 is 19.1 Å². The topological polar surface area (TPSA) is 59.1 Å². The number of carbonyl (C=O) groups is 2. The van der Waals surface area contributed by atoms with Gasteiger partial charge < -0.3 is 19.3 Å². The summed E-state index contributed by atoms with van der Waals surface area (Å²) >= 11 is 0. The van der Waals surface area contributed by atoms with E-state index in [0.29, 0.717) is 30.2 Å². The van der Waals surface area contributed by atoms with Crippen molar-refractivity contribution in [3.05, 3.63) is 54.1 Å². The maximum atomic E-state index is 12.8. The molecule has 1 fully saturated rings. The molecule has 6 heteroatoms. The van der Waals surface area contributed by atoms with Crippen molar-refractivity contribution in [3.8, 4) is 11.5 Å². The minimum atomic E-state index is -0.165. The lowest BCUT2D eigenvalue weighted by atomic mass is 10.1. The van der Waals surface area contributed by atoms with E-state index in [1.54, 1.807) is 28.0 Å². The number of hydrogen-bond acceptors (Lipinski definition) is 4. The van der Waals surface area contributed by atoms with Gasteiger partial charge in [0.25, 0.3) is 5.91 Å². The van der Waals surface area contributed by atoms with Crippen molar-refractivity contribution >= 4 is 17.5 Å². The minimum absolute atomic E-state index is 0.0715. The van der Waals surface area contributed by atoms with Crippen LogP contribution in [0.15, 0.2) is 48.5 Å². The molecule has 2 aliphatic heterocycles. The zero-order valence-electron chi connectivity index (χ0n) is 13.7. The van der Waals surface area contributed by atoms with Gasteiger partial charge in [-0.3, -0.25) is 9.59 Å². The van der Waals surface area contributed by atoms with Gasteiger partial charge in [-0.25, -0.2) is 0 Å². The molecule has 6 nitrogen and oxygen atoms in total. The van der Waals surface area contributed by atoms with Gasteiger partial charge in [-0.05, 0) is 36.8 Å². The first-order valence-electron chi connectivity index (χ1n) is 8.27. The normalized spacial score (nSPS) is 16.7. The SMILES string of the molecule is O=C(c1ccc2c(c1)OCO2)N1CCCN(c2ccccc2)C(=O)C1. The molecule has 128 valence electrons. The van der Waals surface area contributed by atoms with E-state index in [4.69, 9.17) is 9.47 Å². The van der Waals surface area contributed by atoms with E-state index in [9.17, 15) is 9.59 Å². The maximum Gasteiger partial charge on any atom is 0.254 e. The molecule has 0 atom stereocenters. The Morgan fingerprint density at radius 1 is 0.960 bits per heavy atom. The maximum absolute atomic E-state index is 12.8. The molecule has 2 aromatic carbocycles. The molecule has 0 unspecified atom stereocenters. The van der Waals surface area contributed by atoms with Gasteiger partial charge in [0.1, 0.15) is 6.54 Å². The molecular weight excluding hydrogens is 320 g/mol. The summed E-state index contributed by atoms with van der Waals surface area (Å²) in [5, 5.41) is 0. The summed E-state index contributed by atoms with van der Waals surface area (Å²) in [6, 6.07) is 14.7. The second-order valence-corrected chi connectivity index (χ2v) is 6.03. The van der Waals surface area contributed by atoms with Gasteiger partial charge in [0, 0.05) is 24.3 Å². The number of anilines is 1. The Bertz CT molecular complexity index is 806. The van der Waals surface area contributed by atoms with Crippen LogP contribution in [0.4, 0.5) is 5.69 Å². The summed E-state index contributed by atoms with van der Waals surface area (Å²) in [6.45, 7) is 1.39. The van der Waals surface area contributed by atoms with E-state index >= 15 is 0 Å². The molecule has 0 spiro atoms. The van der Waals surface area contributed by atoms with Gasteiger partial charge in [-0.2, -0.15) is 0 Å². The first-order valence-corrected chi connectivity index (χ1v) is 8.27. The molecule has 0 aromatic heterocycles. The van der Waals surface area contributed by atoms with Crippen molar-refractivity contribution in [3.63, 3.8) is 0 Å². The van der Waals surface area contributed by atoms with E-state index in [1.807, 2.05) is 30.3 Å². The minimum Gasteiger partial charge on any atom is -0.454 e. The molecule has 2 aromatic rings. The molecule has 0 bridgehead atoms. The van der Waals surface area contributed by atoms with Crippen molar-refractivity contribution in [2.24, 2.45) is 0 Å². The monoisotopic (exact) mass is 338 g/mol. The average Bonchev–Trinajstić information content (AvgIpc) is 3.03. The number of benzene rings is 2. The second kappa shape index (κ2) is 6.47. The Kier molecular flexibility index (Phi) is 4.01. The largest absolute Gasteiger partial charge is 0.454 e. The van der Waals surface area contributed by atoms with Crippen LogP contribution in [0, 0.1) is 0 Å². The number of rotatable bonds is 2. The Morgan fingerprint density at radius 3 is 2.60 bits per heavy atom. The third kappa shape index (κ3) is 3.03. The highest BCUT2D eigenvalue weighted by Gasteiger charge is 2.27. The van der Waals surface area contributed by atoms with Gasteiger partial charge in [0.05, 0.1) is 0 Å². The van der Waals surface area contributed by atoms with Crippen LogP contribution in [0.5, 0.6) is 11.5 Å². The van der Waals surface area contributed by atoms with Crippen LogP contribution in [0.1, 0.15) is 16.8 Å². The van der Waals surface area contributed by atoms with Gasteiger partial charge in [-0.15, -0.1) is 0 Å². The Labute approximate surface area is 145 Å². The van der Waals surface area contributed by atoms with Crippen LogP contribution in [-0.2, 0) is 4.79 Å². The number of para-hydroxylation sites is 1. The second-order valence-electron chi connectivity index (χ2n) is 6.03. The molecule has 2 aliphatic rings. The number of amides is 2. The molecular formula is C19H18N2O4. The summed E-state index contributed by atoms with van der Waals surface area (Å²) in [5.41, 5.74) is 1.37. The van der Waals surface area contributed by atoms with Gasteiger partial charge in [0.15, 0.2) is 11.5 Å². The average molecular weight is 338 g/mol. The fourth-order valence-corrected chi connectivity index (χ4v) is 3.14. The van der Waals surface area contributed by atoms with E-state index in [2.05, 4.69) is 0 Å². The number of hydrogen-bond donors (Lipinski definition) is 0. The van der Waals surface area contributed by atoms with E-state index in [1.165, 1.54) is 0 Å². The summed E-state index contributed by atoms with van der Waals surface area (Å²) in [7, 11) is 0. The lowest BCUT2D eigenvalue weighted by molar-refractivity contribution is -0.118. The molecule has 0 saturated carbocycles. The van der Waals surface area contributed by atoms with Crippen molar-refractivity contribution in [2.75, 3.05) is 31.3 Å². The Morgan fingerprint density at radius 2 is 1.76 bits per heavy atom. The highest BCUT2D eigenvalue weighted by Crippen LogP contribution is 2.33. The number of nitrogens with zero attached hydrogens (tertiary/aromatic N) is 2. The molecule has 2 amide bonds. The predicted octanol–water partition coefficient (Wildman–Crippen LogP) is 2.29. The van der Waals surface area contributed by atoms with Gasteiger partial charge >= 0.3 is 0 Å². The molecule has 0 radical (unpaired) electrons. The Balaban J connectivity index is 1.52. The highest BCUT2D eigenvalue weighted by atomic mass is 16.7. The zero-order chi connectivity index (χ0) is 17.2. The molecule has 1 saturated heterocycles. The summed E-state index contributed by atoms with van der Waals surface area (Å²) < 4.78 is 10.6. The summed E-state index contributed by atoms with van der Waals surface area (Å²) in [5.74, 6) is 0.969. The number of ether oxygens (including phenoxy) is 2. The number of fused-ring (bicyclic) bond motifs is 1. The van der Waals surface area contributed by atoms with E-state index in [-0.39, 0.29) is 25.2 Å². The molecule has 4 rings (SSSR count). The number of carbonyl (C=O) groups excluding carboxylic acids is 2. The fraction of sp³-hybridized carbons (Fsp3) is 0.263. The first kappa shape index (κ1) is 15.5. The molecule has 2 heterocycles. The molecule has 0 N–H and O–H groups in total. The first-order chi connectivity index (χ1) is 12.2. The fourth-order valence-electron chi connectivity index (χ4n) is 3.14. The third-order valence-corrected chi connectivity index (χ3v) is 4.41. The lowest BCUT2D eigenvalue weighted by Crippen LogP contribution is -2.39. The van der Waals surface area contributed by atoms with Crippen LogP contribution in [0.3, 0.4) is 0 Å². The van der Waals surface area contributed by atoms with E-state index in [0.717, 1.165) is 12.1 Å². The zero-order valence-corrected chi connectivity index (χ0v) is 13.7. The van der Waals surface area contributed by atoms with Crippen LogP contribution in [-0.4, -0.2) is 43.1 Å². The molecule has 0 aliphatic carbocycles. The lowest BCUT2D eigenvalue weighted by Gasteiger charge is -2.22. The third-order valence-electron chi connectivity index (χ3n) is 4.41. The Hall–Kier alpha value is -3.02. The van der Waals surface area contributed by atoms with E-state index < -0.39 is 0 Å². The molecule has 25 heavy (non-hydrogen) atoms. The smallest absolute Gasteiger partial charge is 0.254 e. The van der Waals surface area contributed by atoms with Gasteiger partial charge in [0.2, 0.25) is 12.7 Å². The standard InChI is InChI=1S/C19H18N2O4/c22-18-12-20(9-4-10-21(18)15-5-2-1-3-6-15)19(23)14-7-8-16-17(11-14)25-13-24-16/h1-3,5-8,11H,4,9-10,12-13H2. The van der Waals surface area contributed by atoms with Crippen LogP contribution in [0.25, 0.3) is 0 Å². The van der Waals surface area contributed by atoms with Crippen molar-refractivity contribution in [1.82, 2.24) is 4.90 Å². The highest BCUT2D eigenvalue weighted by molar-refractivity contribution is 6.01.